The van der Waals surface area contributed by atoms with Crippen molar-refractivity contribution in [3.63, 3.8) is 0 Å². The molecule has 4 heteroatoms. The Labute approximate surface area is 115 Å². The summed E-state index contributed by atoms with van der Waals surface area (Å²) in [5.74, 6) is 7.07. The molecular formula is C15H24N2O2. The molecule has 0 amide bonds. The minimum absolute atomic E-state index is 0.159. The number of hydrazine groups is 1. The topological polar surface area (TPSA) is 56.5 Å². The zero-order valence-corrected chi connectivity index (χ0v) is 11.6. The van der Waals surface area contributed by atoms with Gasteiger partial charge in [0.05, 0.1) is 19.3 Å². The molecule has 1 aliphatic rings. The Morgan fingerprint density at radius 1 is 1.42 bits per heavy atom. The minimum atomic E-state index is 0.159. The highest BCUT2D eigenvalue weighted by Gasteiger charge is 2.26. The van der Waals surface area contributed by atoms with Gasteiger partial charge in [-0.2, -0.15) is 0 Å². The third-order valence-electron chi connectivity index (χ3n) is 3.62. The summed E-state index contributed by atoms with van der Waals surface area (Å²) in [6.45, 7) is 4.56. The average molecular weight is 264 g/mol. The standard InChI is InChI=1S/C15H24N2O2/c1-2-3-9-19-14-6-4-12(5-7-14)15(17-16)13-8-10-18-11-13/h4-7,13,15,17H,2-3,8-11,16H2,1H3. The van der Waals surface area contributed by atoms with E-state index in [2.05, 4.69) is 24.5 Å². The van der Waals surface area contributed by atoms with Crippen molar-refractivity contribution in [1.82, 2.24) is 5.43 Å². The molecule has 0 aromatic heterocycles. The highest BCUT2D eigenvalue weighted by atomic mass is 16.5. The fourth-order valence-corrected chi connectivity index (χ4v) is 2.43. The zero-order valence-electron chi connectivity index (χ0n) is 11.6. The number of nitrogens with two attached hydrogens (primary N) is 1. The molecule has 0 bridgehead atoms. The Morgan fingerprint density at radius 2 is 2.21 bits per heavy atom. The van der Waals surface area contributed by atoms with Gasteiger partial charge in [-0.3, -0.25) is 11.3 Å². The SMILES string of the molecule is CCCCOc1ccc(C(NN)C2CCOC2)cc1. The Morgan fingerprint density at radius 3 is 2.79 bits per heavy atom. The van der Waals surface area contributed by atoms with Gasteiger partial charge in [-0.05, 0) is 30.5 Å². The predicted octanol–water partition coefficient (Wildman–Crippen LogP) is 2.41. The normalized spacial score (nSPS) is 20.4. The minimum Gasteiger partial charge on any atom is -0.494 e. The van der Waals surface area contributed by atoms with Crippen LogP contribution < -0.4 is 16.0 Å². The summed E-state index contributed by atoms with van der Waals surface area (Å²) >= 11 is 0. The smallest absolute Gasteiger partial charge is 0.119 e. The second kappa shape index (κ2) is 7.48. The third kappa shape index (κ3) is 3.93. The van der Waals surface area contributed by atoms with Crippen molar-refractivity contribution in [3.8, 4) is 5.75 Å². The first-order valence-electron chi connectivity index (χ1n) is 7.11. The summed E-state index contributed by atoms with van der Waals surface area (Å²) in [7, 11) is 0. The zero-order chi connectivity index (χ0) is 13.5. The van der Waals surface area contributed by atoms with E-state index >= 15 is 0 Å². The van der Waals surface area contributed by atoms with Crippen LogP contribution in [0.5, 0.6) is 5.75 Å². The van der Waals surface area contributed by atoms with Crippen LogP contribution in [0.3, 0.4) is 0 Å². The summed E-state index contributed by atoms with van der Waals surface area (Å²) in [5.41, 5.74) is 4.11. The number of nitrogens with one attached hydrogen (secondary N) is 1. The molecule has 106 valence electrons. The van der Waals surface area contributed by atoms with Gasteiger partial charge in [0.25, 0.3) is 0 Å². The number of ether oxygens (including phenoxy) is 2. The van der Waals surface area contributed by atoms with Gasteiger partial charge in [-0.15, -0.1) is 0 Å². The maximum atomic E-state index is 5.68. The van der Waals surface area contributed by atoms with Crippen LogP contribution in [-0.4, -0.2) is 19.8 Å². The molecule has 0 spiro atoms. The maximum absolute atomic E-state index is 5.68. The summed E-state index contributed by atoms with van der Waals surface area (Å²) in [6, 6.07) is 8.37. The molecule has 0 aliphatic carbocycles. The van der Waals surface area contributed by atoms with Gasteiger partial charge >= 0.3 is 0 Å². The molecule has 4 nitrogen and oxygen atoms in total. The number of hydrogen-bond acceptors (Lipinski definition) is 4. The first-order valence-corrected chi connectivity index (χ1v) is 7.11. The van der Waals surface area contributed by atoms with Crippen LogP contribution in [0.25, 0.3) is 0 Å². The van der Waals surface area contributed by atoms with Crippen LogP contribution in [-0.2, 0) is 4.74 Å². The highest BCUT2D eigenvalue weighted by Crippen LogP contribution is 2.29. The van der Waals surface area contributed by atoms with Gasteiger partial charge in [-0.25, -0.2) is 0 Å². The van der Waals surface area contributed by atoms with Crippen molar-refractivity contribution >= 4 is 0 Å². The van der Waals surface area contributed by atoms with Crippen molar-refractivity contribution in [2.24, 2.45) is 11.8 Å². The van der Waals surface area contributed by atoms with Crippen LogP contribution in [0.15, 0.2) is 24.3 Å². The molecule has 1 saturated heterocycles. The Bertz CT molecular complexity index is 361. The Hall–Kier alpha value is -1.10. The summed E-state index contributed by atoms with van der Waals surface area (Å²) < 4.78 is 11.1. The van der Waals surface area contributed by atoms with Crippen molar-refractivity contribution in [2.45, 2.75) is 32.2 Å². The van der Waals surface area contributed by atoms with E-state index in [0.29, 0.717) is 5.92 Å². The van der Waals surface area contributed by atoms with Gasteiger partial charge in [-0.1, -0.05) is 25.5 Å². The molecule has 3 N–H and O–H groups in total. The van der Waals surface area contributed by atoms with Gasteiger partial charge in [0.2, 0.25) is 0 Å². The third-order valence-corrected chi connectivity index (χ3v) is 3.62. The molecule has 1 fully saturated rings. The van der Waals surface area contributed by atoms with E-state index in [-0.39, 0.29) is 6.04 Å². The lowest BCUT2D eigenvalue weighted by Gasteiger charge is -2.22. The second-order valence-electron chi connectivity index (χ2n) is 5.04. The van der Waals surface area contributed by atoms with Gasteiger partial charge in [0.15, 0.2) is 0 Å². The molecule has 1 aliphatic heterocycles. The quantitative estimate of drug-likeness (QED) is 0.451. The van der Waals surface area contributed by atoms with E-state index in [9.17, 15) is 0 Å². The fourth-order valence-electron chi connectivity index (χ4n) is 2.43. The van der Waals surface area contributed by atoms with Crippen molar-refractivity contribution in [2.75, 3.05) is 19.8 Å². The monoisotopic (exact) mass is 264 g/mol. The number of rotatable bonds is 7. The maximum Gasteiger partial charge on any atom is 0.119 e. The lowest BCUT2D eigenvalue weighted by Crippen LogP contribution is -2.33. The molecule has 2 rings (SSSR count). The summed E-state index contributed by atoms with van der Waals surface area (Å²) in [6.07, 6.45) is 3.30. The van der Waals surface area contributed by atoms with Crippen molar-refractivity contribution in [1.29, 1.82) is 0 Å². The second-order valence-corrected chi connectivity index (χ2v) is 5.04. The number of benzene rings is 1. The van der Waals surface area contributed by atoms with E-state index in [0.717, 1.165) is 44.8 Å². The molecule has 2 atom stereocenters. The number of hydrogen-bond donors (Lipinski definition) is 2. The van der Waals surface area contributed by atoms with E-state index in [1.165, 1.54) is 5.56 Å². The number of unbranched alkanes of at least 4 members (excludes halogenated alkanes) is 1. The van der Waals surface area contributed by atoms with E-state index in [1.54, 1.807) is 0 Å². The molecule has 1 heterocycles. The van der Waals surface area contributed by atoms with Crippen LogP contribution >= 0.6 is 0 Å². The van der Waals surface area contributed by atoms with Crippen LogP contribution in [0.2, 0.25) is 0 Å². The van der Waals surface area contributed by atoms with Gasteiger partial charge in [0, 0.05) is 12.5 Å². The predicted molar refractivity (Wildman–Crippen MR) is 75.8 cm³/mol. The van der Waals surface area contributed by atoms with Crippen LogP contribution in [0.1, 0.15) is 37.8 Å². The molecule has 1 aromatic rings. The largest absolute Gasteiger partial charge is 0.494 e. The van der Waals surface area contributed by atoms with Crippen LogP contribution in [0.4, 0.5) is 0 Å². The summed E-state index contributed by atoms with van der Waals surface area (Å²) in [4.78, 5) is 0. The van der Waals surface area contributed by atoms with Crippen molar-refractivity contribution in [3.05, 3.63) is 29.8 Å². The van der Waals surface area contributed by atoms with Crippen LogP contribution in [0, 0.1) is 5.92 Å². The first kappa shape index (κ1) is 14.3. The molecule has 2 unspecified atom stereocenters. The lowest BCUT2D eigenvalue weighted by atomic mass is 9.93. The fraction of sp³-hybridized carbons (Fsp3) is 0.600. The Balaban J connectivity index is 1.95. The van der Waals surface area contributed by atoms with Gasteiger partial charge < -0.3 is 9.47 Å². The molecule has 0 radical (unpaired) electrons. The average Bonchev–Trinajstić information content (AvgIpc) is 2.96. The van der Waals surface area contributed by atoms with Gasteiger partial charge in [0.1, 0.15) is 5.75 Å². The first-order chi connectivity index (χ1) is 9.35. The van der Waals surface area contributed by atoms with Crippen molar-refractivity contribution < 1.29 is 9.47 Å². The van der Waals surface area contributed by atoms with E-state index < -0.39 is 0 Å². The molecule has 0 saturated carbocycles. The summed E-state index contributed by atoms with van der Waals surface area (Å²) in [5, 5.41) is 0. The lowest BCUT2D eigenvalue weighted by molar-refractivity contribution is 0.177. The van der Waals surface area contributed by atoms with E-state index in [4.69, 9.17) is 15.3 Å². The highest BCUT2D eigenvalue weighted by molar-refractivity contribution is 5.29. The Kier molecular flexibility index (Phi) is 5.63. The van der Waals surface area contributed by atoms with E-state index in [1.807, 2.05) is 12.1 Å². The molecule has 1 aromatic carbocycles. The molecule has 19 heavy (non-hydrogen) atoms. The molecular weight excluding hydrogens is 240 g/mol.